The number of hydrogen-bond acceptors (Lipinski definition) is 3. The monoisotopic (exact) mass is 248 g/mol. The minimum absolute atomic E-state index is 0.0382. The van der Waals surface area contributed by atoms with E-state index in [0.717, 1.165) is 12.8 Å². The summed E-state index contributed by atoms with van der Waals surface area (Å²) in [5, 5.41) is 0. The summed E-state index contributed by atoms with van der Waals surface area (Å²) in [5.41, 5.74) is 0.630. The topological polar surface area (TPSA) is 35.5 Å². The lowest BCUT2D eigenvalue weighted by molar-refractivity contribution is 0.0535. The summed E-state index contributed by atoms with van der Waals surface area (Å²) < 4.78 is 11.0. The van der Waals surface area contributed by atoms with E-state index in [9.17, 15) is 4.79 Å². The smallest absolute Gasteiger partial charge is 0.195 e. The molecular weight excluding hydrogens is 228 g/mol. The van der Waals surface area contributed by atoms with Crippen LogP contribution in [-0.4, -0.2) is 25.1 Å². The van der Waals surface area contributed by atoms with Gasteiger partial charge in [0.2, 0.25) is 0 Å². The lowest BCUT2D eigenvalue weighted by atomic mass is 10.0. The highest BCUT2D eigenvalue weighted by molar-refractivity contribution is 6.02. The van der Waals surface area contributed by atoms with Crippen LogP contribution in [0.15, 0.2) is 24.3 Å². The Hall–Kier alpha value is -1.35. The molecule has 0 N–H and O–H groups in total. The van der Waals surface area contributed by atoms with E-state index < -0.39 is 0 Å². The van der Waals surface area contributed by atoms with E-state index in [0.29, 0.717) is 17.2 Å². The standard InChI is InChI=1S/C15H20O3/c1-10(2)18-13-7-5-4-6-12(13)14(16)15(17-3)11-8-9-11/h4-7,10-11,15H,8-9H2,1-3H3. The first kappa shape index (κ1) is 13.1. The molecule has 0 spiro atoms. The van der Waals surface area contributed by atoms with Crippen LogP contribution in [0, 0.1) is 5.92 Å². The van der Waals surface area contributed by atoms with Crippen LogP contribution in [-0.2, 0) is 4.74 Å². The molecule has 1 saturated carbocycles. The summed E-state index contributed by atoms with van der Waals surface area (Å²) >= 11 is 0. The molecule has 1 aromatic rings. The highest BCUT2D eigenvalue weighted by Gasteiger charge is 2.37. The molecule has 18 heavy (non-hydrogen) atoms. The quantitative estimate of drug-likeness (QED) is 0.726. The van der Waals surface area contributed by atoms with E-state index in [1.807, 2.05) is 38.1 Å². The molecule has 3 heteroatoms. The molecule has 0 aromatic heterocycles. The molecule has 0 radical (unpaired) electrons. The third-order valence-electron chi connectivity index (χ3n) is 3.08. The first-order valence-corrected chi connectivity index (χ1v) is 6.46. The highest BCUT2D eigenvalue weighted by Crippen LogP contribution is 2.36. The van der Waals surface area contributed by atoms with Crippen LogP contribution in [0.3, 0.4) is 0 Å². The SMILES string of the molecule is COC(C(=O)c1ccccc1OC(C)C)C1CC1. The van der Waals surface area contributed by atoms with Gasteiger partial charge in [0.1, 0.15) is 11.9 Å². The van der Waals surface area contributed by atoms with Crippen molar-refractivity contribution in [1.82, 2.24) is 0 Å². The van der Waals surface area contributed by atoms with Crippen molar-refractivity contribution in [1.29, 1.82) is 0 Å². The van der Waals surface area contributed by atoms with Gasteiger partial charge in [-0.25, -0.2) is 0 Å². The predicted molar refractivity (Wildman–Crippen MR) is 70.1 cm³/mol. The molecule has 0 aliphatic heterocycles. The fourth-order valence-electron chi connectivity index (χ4n) is 2.09. The molecule has 1 fully saturated rings. The largest absolute Gasteiger partial charge is 0.490 e. The number of hydrogen-bond donors (Lipinski definition) is 0. The predicted octanol–water partition coefficient (Wildman–Crippen LogP) is 3.08. The van der Waals surface area contributed by atoms with Crippen molar-refractivity contribution in [2.24, 2.45) is 5.92 Å². The Labute approximate surface area is 108 Å². The van der Waals surface area contributed by atoms with E-state index in [1.54, 1.807) is 7.11 Å². The van der Waals surface area contributed by atoms with Crippen molar-refractivity contribution >= 4 is 5.78 Å². The summed E-state index contributed by atoms with van der Waals surface area (Å²) in [7, 11) is 1.60. The molecule has 0 saturated heterocycles. The number of methoxy groups -OCH3 is 1. The van der Waals surface area contributed by atoms with Gasteiger partial charge in [0.15, 0.2) is 5.78 Å². The maximum Gasteiger partial charge on any atom is 0.195 e. The number of ketones is 1. The van der Waals surface area contributed by atoms with Crippen molar-refractivity contribution in [2.45, 2.75) is 38.9 Å². The van der Waals surface area contributed by atoms with Gasteiger partial charge in [-0.05, 0) is 44.7 Å². The summed E-state index contributed by atoms with van der Waals surface area (Å²) in [6.45, 7) is 3.91. The third kappa shape index (κ3) is 2.91. The lowest BCUT2D eigenvalue weighted by Gasteiger charge is -2.17. The van der Waals surface area contributed by atoms with Gasteiger partial charge in [-0.1, -0.05) is 12.1 Å². The van der Waals surface area contributed by atoms with Crippen LogP contribution in [0.5, 0.6) is 5.75 Å². The Morgan fingerprint density at radius 2 is 1.94 bits per heavy atom. The molecule has 1 atom stereocenters. The lowest BCUT2D eigenvalue weighted by Crippen LogP contribution is -2.26. The molecule has 0 bridgehead atoms. The second-order valence-electron chi connectivity index (χ2n) is 5.02. The Kier molecular flexibility index (Phi) is 4.02. The Morgan fingerprint density at radius 1 is 1.28 bits per heavy atom. The van der Waals surface area contributed by atoms with Crippen LogP contribution >= 0.6 is 0 Å². The highest BCUT2D eigenvalue weighted by atomic mass is 16.5. The van der Waals surface area contributed by atoms with Gasteiger partial charge in [-0.3, -0.25) is 4.79 Å². The maximum atomic E-state index is 12.5. The van der Waals surface area contributed by atoms with E-state index >= 15 is 0 Å². The zero-order valence-corrected chi connectivity index (χ0v) is 11.2. The van der Waals surface area contributed by atoms with Gasteiger partial charge in [-0.2, -0.15) is 0 Å². The molecule has 0 amide bonds. The zero-order chi connectivity index (χ0) is 13.1. The van der Waals surface area contributed by atoms with Gasteiger partial charge < -0.3 is 9.47 Å². The number of para-hydroxylation sites is 1. The van der Waals surface area contributed by atoms with Crippen LogP contribution in [0.1, 0.15) is 37.0 Å². The van der Waals surface area contributed by atoms with Crippen molar-refractivity contribution in [2.75, 3.05) is 7.11 Å². The maximum absolute atomic E-state index is 12.5. The number of carbonyl (C=O) groups excluding carboxylic acids is 1. The van der Waals surface area contributed by atoms with E-state index in [1.165, 1.54) is 0 Å². The van der Waals surface area contributed by atoms with Crippen molar-refractivity contribution in [3.63, 3.8) is 0 Å². The van der Waals surface area contributed by atoms with Crippen molar-refractivity contribution < 1.29 is 14.3 Å². The van der Waals surface area contributed by atoms with Crippen LogP contribution < -0.4 is 4.74 Å². The molecule has 2 rings (SSSR count). The number of benzene rings is 1. The van der Waals surface area contributed by atoms with E-state index in [4.69, 9.17) is 9.47 Å². The van der Waals surface area contributed by atoms with Crippen molar-refractivity contribution in [3.8, 4) is 5.75 Å². The fourth-order valence-corrected chi connectivity index (χ4v) is 2.09. The van der Waals surface area contributed by atoms with Crippen molar-refractivity contribution in [3.05, 3.63) is 29.8 Å². The Morgan fingerprint density at radius 3 is 2.50 bits per heavy atom. The normalized spacial score (nSPS) is 16.7. The van der Waals surface area contributed by atoms with Gasteiger partial charge >= 0.3 is 0 Å². The number of carbonyl (C=O) groups is 1. The van der Waals surface area contributed by atoms with Gasteiger partial charge in [-0.15, -0.1) is 0 Å². The summed E-state index contributed by atoms with van der Waals surface area (Å²) in [6.07, 6.45) is 1.90. The molecule has 1 aromatic carbocycles. The molecule has 0 heterocycles. The fraction of sp³-hybridized carbons (Fsp3) is 0.533. The van der Waals surface area contributed by atoms with Crippen LogP contribution in [0.4, 0.5) is 0 Å². The third-order valence-corrected chi connectivity index (χ3v) is 3.08. The number of ether oxygens (including phenoxy) is 2. The van der Waals surface area contributed by atoms with Crippen LogP contribution in [0.2, 0.25) is 0 Å². The summed E-state index contributed by atoms with van der Waals surface area (Å²) in [5.74, 6) is 1.08. The second-order valence-corrected chi connectivity index (χ2v) is 5.02. The summed E-state index contributed by atoms with van der Waals surface area (Å²) in [4.78, 5) is 12.5. The molecule has 1 aliphatic carbocycles. The minimum atomic E-state index is -0.318. The van der Waals surface area contributed by atoms with E-state index in [2.05, 4.69) is 0 Å². The molecular formula is C15H20O3. The van der Waals surface area contributed by atoms with E-state index in [-0.39, 0.29) is 18.0 Å². The molecule has 1 aliphatic rings. The first-order chi connectivity index (χ1) is 8.63. The molecule has 3 nitrogen and oxygen atoms in total. The van der Waals surface area contributed by atoms with Gasteiger partial charge in [0.25, 0.3) is 0 Å². The number of Topliss-reactive ketones (excluding diaryl/α,β-unsaturated/α-hetero) is 1. The van der Waals surface area contributed by atoms with Gasteiger partial charge in [0.05, 0.1) is 11.7 Å². The average Bonchev–Trinajstić information content (AvgIpc) is 3.14. The van der Waals surface area contributed by atoms with Gasteiger partial charge in [0, 0.05) is 7.11 Å². The number of rotatable bonds is 6. The average molecular weight is 248 g/mol. The Bertz CT molecular complexity index is 422. The molecule has 98 valence electrons. The summed E-state index contributed by atoms with van der Waals surface area (Å²) in [6, 6.07) is 7.40. The molecule has 1 unspecified atom stereocenters. The first-order valence-electron chi connectivity index (χ1n) is 6.46. The second kappa shape index (κ2) is 5.53. The Balaban J connectivity index is 2.23. The zero-order valence-electron chi connectivity index (χ0n) is 11.2. The minimum Gasteiger partial charge on any atom is -0.490 e. The van der Waals surface area contributed by atoms with Crippen LogP contribution in [0.25, 0.3) is 0 Å².